The first kappa shape index (κ1) is 12.1. The molecule has 17 heavy (non-hydrogen) atoms. The Labute approximate surface area is 103 Å². The highest BCUT2D eigenvalue weighted by Gasteiger charge is 2.19. The maximum Gasteiger partial charge on any atom is 0.0876 e. The van der Waals surface area contributed by atoms with Gasteiger partial charge in [0.1, 0.15) is 0 Å². The Morgan fingerprint density at radius 2 is 2.35 bits per heavy atom. The lowest BCUT2D eigenvalue weighted by Gasteiger charge is -2.23. The van der Waals surface area contributed by atoms with E-state index in [-0.39, 0.29) is 6.04 Å². The molecular formula is C14H20N2O. The van der Waals surface area contributed by atoms with Gasteiger partial charge in [-0.2, -0.15) is 0 Å². The van der Waals surface area contributed by atoms with Crippen molar-refractivity contribution in [1.82, 2.24) is 10.3 Å². The second-order valence-electron chi connectivity index (χ2n) is 4.36. The molecule has 1 aliphatic heterocycles. The van der Waals surface area contributed by atoms with Crippen LogP contribution >= 0.6 is 0 Å². The number of likely N-dealkylation sites (N-methyl/N-ethyl adjacent to an activating group) is 1. The monoisotopic (exact) mass is 232 g/mol. The van der Waals surface area contributed by atoms with E-state index in [2.05, 4.69) is 29.4 Å². The Hall–Kier alpha value is -1.35. The predicted molar refractivity (Wildman–Crippen MR) is 68.7 cm³/mol. The van der Waals surface area contributed by atoms with Gasteiger partial charge in [-0.05, 0) is 44.0 Å². The van der Waals surface area contributed by atoms with Crippen molar-refractivity contribution in [2.24, 2.45) is 0 Å². The van der Waals surface area contributed by atoms with Gasteiger partial charge in [0.15, 0.2) is 0 Å². The fraction of sp³-hybridized carbons (Fsp3) is 0.500. The summed E-state index contributed by atoms with van der Waals surface area (Å²) in [5.74, 6) is 0. The Morgan fingerprint density at radius 3 is 3.00 bits per heavy atom. The number of pyridine rings is 1. The van der Waals surface area contributed by atoms with Gasteiger partial charge in [-0.15, -0.1) is 0 Å². The number of aryl methyl sites for hydroxylation is 1. The standard InChI is InChI=1S/C14H20N2O/c1-3-15-14(12-7-5-9-17-10-12)13-8-4-6-11(2)16-13/h4,6,8,10,14-15H,3,5,7,9H2,1-2H3. The Morgan fingerprint density at radius 1 is 1.47 bits per heavy atom. The SMILES string of the molecule is CCNC(C1=COCCC1)c1cccc(C)n1. The lowest BCUT2D eigenvalue weighted by Crippen LogP contribution is -2.25. The van der Waals surface area contributed by atoms with Gasteiger partial charge >= 0.3 is 0 Å². The zero-order chi connectivity index (χ0) is 12.1. The summed E-state index contributed by atoms with van der Waals surface area (Å²) in [4.78, 5) is 4.61. The fourth-order valence-corrected chi connectivity index (χ4v) is 2.15. The average molecular weight is 232 g/mol. The number of hydrogen-bond acceptors (Lipinski definition) is 3. The average Bonchev–Trinajstić information content (AvgIpc) is 2.37. The first-order valence-electron chi connectivity index (χ1n) is 6.28. The quantitative estimate of drug-likeness (QED) is 0.866. The topological polar surface area (TPSA) is 34.1 Å². The van der Waals surface area contributed by atoms with Crippen molar-refractivity contribution in [3.05, 3.63) is 41.4 Å². The Balaban J connectivity index is 2.24. The van der Waals surface area contributed by atoms with Crippen LogP contribution < -0.4 is 5.32 Å². The van der Waals surface area contributed by atoms with Crippen molar-refractivity contribution in [1.29, 1.82) is 0 Å². The molecule has 0 amide bonds. The van der Waals surface area contributed by atoms with Crippen LogP contribution in [-0.2, 0) is 4.74 Å². The number of aromatic nitrogens is 1. The molecule has 0 fully saturated rings. The molecule has 0 bridgehead atoms. The van der Waals surface area contributed by atoms with Crippen molar-refractivity contribution >= 4 is 0 Å². The molecule has 1 unspecified atom stereocenters. The molecule has 0 saturated carbocycles. The van der Waals surface area contributed by atoms with E-state index in [4.69, 9.17) is 4.74 Å². The summed E-state index contributed by atoms with van der Waals surface area (Å²) in [6.45, 7) is 5.91. The highest BCUT2D eigenvalue weighted by molar-refractivity contribution is 5.23. The van der Waals surface area contributed by atoms with Crippen molar-refractivity contribution in [2.45, 2.75) is 32.7 Å². The van der Waals surface area contributed by atoms with E-state index in [1.165, 1.54) is 5.57 Å². The molecule has 1 aromatic rings. The van der Waals surface area contributed by atoms with Crippen LogP contribution in [0.4, 0.5) is 0 Å². The maximum absolute atomic E-state index is 5.43. The molecule has 1 aliphatic rings. The second kappa shape index (κ2) is 5.82. The summed E-state index contributed by atoms with van der Waals surface area (Å²) in [5.41, 5.74) is 3.45. The predicted octanol–water partition coefficient (Wildman–Crippen LogP) is 2.73. The molecule has 1 N–H and O–H groups in total. The van der Waals surface area contributed by atoms with Gasteiger partial charge in [0.2, 0.25) is 0 Å². The molecule has 2 rings (SSSR count). The van der Waals surface area contributed by atoms with Crippen LogP contribution in [0.2, 0.25) is 0 Å². The summed E-state index contributed by atoms with van der Waals surface area (Å²) >= 11 is 0. The molecule has 1 aromatic heterocycles. The first-order valence-corrected chi connectivity index (χ1v) is 6.28. The van der Waals surface area contributed by atoms with Gasteiger partial charge in [-0.25, -0.2) is 0 Å². The van der Waals surface area contributed by atoms with E-state index in [0.29, 0.717) is 0 Å². The van der Waals surface area contributed by atoms with Gasteiger partial charge < -0.3 is 10.1 Å². The van der Waals surface area contributed by atoms with Crippen LogP contribution in [0.5, 0.6) is 0 Å². The van der Waals surface area contributed by atoms with Crippen LogP contribution in [0.25, 0.3) is 0 Å². The molecule has 2 heterocycles. The maximum atomic E-state index is 5.43. The summed E-state index contributed by atoms with van der Waals surface area (Å²) in [7, 11) is 0. The van der Waals surface area contributed by atoms with E-state index >= 15 is 0 Å². The summed E-state index contributed by atoms with van der Waals surface area (Å²) in [6.07, 6.45) is 4.09. The minimum absolute atomic E-state index is 0.195. The van der Waals surface area contributed by atoms with Gasteiger partial charge in [0.05, 0.1) is 24.6 Å². The highest BCUT2D eigenvalue weighted by atomic mass is 16.5. The number of nitrogens with one attached hydrogen (secondary N) is 1. The zero-order valence-electron chi connectivity index (χ0n) is 10.6. The van der Waals surface area contributed by atoms with Crippen molar-refractivity contribution in [2.75, 3.05) is 13.2 Å². The summed E-state index contributed by atoms with van der Waals surface area (Å²) in [5, 5.41) is 3.49. The lowest BCUT2D eigenvalue weighted by atomic mass is 9.98. The molecule has 92 valence electrons. The van der Waals surface area contributed by atoms with Crippen LogP contribution in [-0.4, -0.2) is 18.1 Å². The lowest BCUT2D eigenvalue weighted by molar-refractivity contribution is 0.219. The number of nitrogens with zero attached hydrogens (tertiary/aromatic N) is 1. The van der Waals surface area contributed by atoms with Crippen LogP contribution in [0.3, 0.4) is 0 Å². The molecule has 0 saturated heterocycles. The zero-order valence-corrected chi connectivity index (χ0v) is 10.6. The van der Waals surface area contributed by atoms with Crippen molar-refractivity contribution in [3.63, 3.8) is 0 Å². The second-order valence-corrected chi connectivity index (χ2v) is 4.36. The van der Waals surface area contributed by atoms with Gasteiger partial charge in [0.25, 0.3) is 0 Å². The minimum atomic E-state index is 0.195. The summed E-state index contributed by atoms with van der Waals surface area (Å²) in [6, 6.07) is 6.36. The normalized spacial score (nSPS) is 17.2. The number of ether oxygens (including phenoxy) is 1. The summed E-state index contributed by atoms with van der Waals surface area (Å²) < 4.78 is 5.43. The Bertz CT molecular complexity index is 401. The van der Waals surface area contributed by atoms with Crippen LogP contribution in [0.1, 0.15) is 37.2 Å². The molecule has 0 radical (unpaired) electrons. The largest absolute Gasteiger partial charge is 0.501 e. The smallest absolute Gasteiger partial charge is 0.0876 e. The molecule has 1 atom stereocenters. The fourth-order valence-electron chi connectivity index (χ4n) is 2.15. The number of rotatable bonds is 4. The van der Waals surface area contributed by atoms with Crippen LogP contribution in [0, 0.1) is 6.92 Å². The minimum Gasteiger partial charge on any atom is -0.501 e. The molecule has 0 spiro atoms. The molecule has 0 aromatic carbocycles. The molecular weight excluding hydrogens is 212 g/mol. The van der Waals surface area contributed by atoms with Crippen molar-refractivity contribution < 1.29 is 4.74 Å². The van der Waals surface area contributed by atoms with E-state index in [0.717, 1.165) is 37.4 Å². The number of hydrogen-bond donors (Lipinski definition) is 1. The Kier molecular flexibility index (Phi) is 4.15. The highest BCUT2D eigenvalue weighted by Crippen LogP contribution is 2.26. The molecule has 3 heteroatoms. The van der Waals surface area contributed by atoms with Crippen LogP contribution in [0.15, 0.2) is 30.0 Å². The van der Waals surface area contributed by atoms with Gasteiger partial charge in [0, 0.05) is 5.69 Å². The van der Waals surface area contributed by atoms with E-state index in [9.17, 15) is 0 Å². The van der Waals surface area contributed by atoms with Gasteiger partial charge in [-0.3, -0.25) is 4.98 Å². The van der Waals surface area contributed by atoms with E-state index in [1.54, 1.807) is 0 Å². The van der Waals surface area contributed by atoms with E-state index in [1.807, 2.05) is 19.3 Å². The third kappa shape index (κ3) is 3.07. The van der Waals surface area contributed by atoms with Gasteiger partial charge in [-0.1, -0.05) is 13.0 Å². The third-order valence-corrected chi connectivity index (χ3v) is 2.95. The van der Waals surface area contributed by atoms with E-state index < -0.39 is 0 Å². The van der Waals surface area contributed by atoms with Crippen molar-refractivity contribution in [3.8, 4) is 0 Å². The third-order valence-electron chi connectivity index (χ3n) is 2.95. The molecule has 3 nitrogen and oxygen atoms in total. The molecule has 0 aliphatic carbocycles. The first-order chi connectivity index (χ1) is 8.31.